The Balaban J connectivity index is 1.79. The molecule has 0 spiro atoms. The topological polar surface area (TPSA) is 0 Å². The van der Waals surface area contributed by atoms with Crippen molar-refractivity contribution in [2.24, 2.45) is 0 Å². The van der Waals surface area contributed by atoms with E-state index in [1.165, 1.54) is 35.9 Å². The maximum Gasteiger partial charge on any atom is 0.134 e. The Morgan fingerprint density at radius 1 is 0.450 bits per heavy atom. The highest BCUT2D eigenvalue weighted by Crippen LogP contribution is 2.59. The van der Waals surface area contributed by atoms with E-state index in [4.69, 9.17) is 0 Å². The van der Waals surface area contributed by atoms with Crippen LogP contribution in [0.3, 0.4) is 0 Å². The summed E-state index contributed by atoms with van der Waals surface area (Å²) in [4.78, 5) is 0. The highest BCUT2D eigenvalue weighted by molar-refractivity contribution is 14.1. The Hall–Kier alpha value is 0.947. The van der Waals surface area contributed by atoms with Gasteiger partial charge in [0.1, 0.15) is 5.57 Å². The summed E-state index contributed by atoms with van der Waals surface area (Å²) in [5.41, 5.74) is 2.51. The van der Waals surface area contributed by atoms with Crippen LogP contribution in [-0.4, -0.2) is 5.57 Å². The first-order valence-corrected chi connectivity index (χ1v) is 14.9. The van der Waals surface area contributed by atoms with Crippen molar-refractivity contribution in [3.05, 3.63) is 0 Å². The normalized spacial score (nSPS) is 28.6. The van der Waals surface area contributed by atoms with Crippen LogP contribution in [0.2, 0.25) is 16.6 Å². The van der Waals surface area contributed by atoms with E-state index in [0.29, 0.717) is 0 Å². The molecule has 0 saturated heterocycles. The number of halogens is 1. The molecule has 0 aromatic carbocycles. The predicted octanol–water partition coefficient (Wildman–Crippen LogP) is 7.37. The Kier molecular flexibility index (Phi) is 5.92. The number of hydrogen-bond donors (Lipinski definition) is 0. The van der Waals surface area contributed by atoms with Gasteiger partial charge >= 0.3 is 0 Å². The van der Waals surface area contributed by atoms with Crippen molar-refractivity contribution in [1.29, 1.82) is 0 Å². The zero-order valence-electron chi connectivity index (χ0n) is 13.2. The van der Waals surface area contributed by atoms with Gasteiger partial charge in [-0.15, -0.1) is 21.8 Å². The summed E-state index contributed by atoms with van der Waals surface area (Å²) in [7, 11) is 0. The molecule has 0 aromatic rings. The fourth-order valence-electron chi connectivity index (χ4n) is 5.64. The molecule has 0 amide bonds. The first-order valence-electron chi connectivity index (χ1n) is 9.50. The Morgan fingerprint density at radius 3 is 0.950 bits per heavy atom. The van der Waals surface area contributed by atoms with Crippen molar-refractivity contribution < 1.29 is 0 Å². The molecule has 0 atom stereocenters. The third-order valence-corrected chi connectivity index (χ3v) is 20.1. The summed E-state index contributed by atoms with van der Waals surface area (Å²) >= 11 is 3.17. The summed E-state index contributed by atoms with van der Waals surface area (Å²) in [5, 5.41) is 0. The van der Waals surface area contributed by atoms with E-state index in [1.54, 1.807) is 77.0 Å². The van der Waals surface area contributed by atoms with Gasteiger partial charge in [0.2, 0.25) is 0 Å². The van der Waals surface area contributed by atoms with E-state index in [1.807, 2.05) is 0 Å². The molecule has 3 fully saturated rings. The number of hydrogen-bond acceptors (Lipinski definition) is 0. The molecule has 3 saturated carbocycles. The maximum atomic E-state index is 3.17. The molecule has 0 unspecified atom stereocenters. The number of rotatable bonds is 3. The van der Waals surface area contributed by atoms with Gasteiger partial charge in [-0.3, -0.25) is 0 Å². The second-order valence-corrected chi connectivity index (χ2v) is 17.5. The second-order valence-electron chi connectivity index (χ2n) is 7.83. The average molecular weight is 404 g/mol. The molecular weight excluding hydrogens is 371 g/mol. The lowest BCUT2D eigenvalue weighted by atomic mass is 9.98. The maximum absolute atomic E-state index is 3.17. The standard InChI is InChI=1S/C18H33ISi/c19-20(16-10-4-1-5-11-16,17-12-6-2-7-13-17)18-14-8-3-9-15-18/h16-18H,1-15H2. The van der Waals surface area contributed by atoms with E-state index in [2.05, 4.69) is 21.8 Å². The van der Waals surface area contributed by atoms with Crippen molar-refractivity contribution in [1.82, 2.24) is 0 Å². The van der Waals surface area contributed by atoms with Crippen LogP contribution in [0, 0.1) is 0 Å². The molecular formula is C18H33ISi. The summed E-state index contributed by atoms with van der Waals surface area (Å²) < 4.78 is 0. The van der Waals surface area contributed by atoms with Gasteiger partial charge in [-0.1, -0.05) is 96.3 Å². The SMILES string of the molecule is I[Si](C1CCCCC1)(C1CCCCC1)C1CCCCC1. The van der Waals surface area contributed by atoms with E-state index in [0.717, 1.165) is 0 Å². The monoisotopic (exact) mass is 404 g/mol. The van der Waals surface area contributed by atoms with Gasteiger partial charge in [-0.25, -0.2) is 0 Å². The van der Waals surface area contributed by atoms with Crippen LogP contribution in [-0.2, 0) is 0 Å². The van der Waals surface area contributed by atoms with Crippen LogP contribution < -0.4 is 0 Å². The van der Waals surface area contributed by atoms with Crippen molar-refractivity contribution in [2.45, 2.75) is 113 Å². The van der Waals surface area contributed by atoms with Crippen molar-refractivity contribution >= 4 is 27.4 Å². The Labute approximate surface area is 140 Å². The van der Waals surface area contributed by atoms with Crippen LogP contribution in [0.1, 0.15) is 96.3 Å². The minimum atomic E-state index is -1.08. The second kappa shape index (κ2) is 7.48. The largest absolute Gasteiger partial charge is 0.134 e. The lowest BCUT2D eigenvalue weighted by molar-refractivity contribution is 0.427. The molecule has 3 aliphatic carbocycles. The molecule has 0 aliphatic heterocycles. The zero-order chi connectivity index (χ0) is 13.8. The van der Waals surface area contributed by atoms with Gasteiger partial charge in [-0.2, -0.15) is 0 Å². The smallest absolute Gasteiger partial charge is 0.118 e. The lowest BCUT2D eigenvalue weighted by Crippen LogP contribution is -2.45. The molecule has 0 aromatic heterocycles. The fourth-order valence-corrected chi connectivity index (χ4v) is 17.1. The van der Waals surface area contributed by atoms with Crippen molar-refractivity contribution in [2.75, 3.05) is 0 Å². The molecule has 116 valence electrons. The van der Waals surface area contributed by atoms with Crippen molar-refractivity contribution in [3.8, 4) is 0 Å². The average Bonchev–Trinajstić information content (AvgIpc) is 2.56. The minimum absolute atomic E-state index is 1.08. The molecule has 0 N–H and O–H groups in total. The first-order chi connectivity index (χ1) is 9.82. The summed E-state index contributed by atoms with van der Waals surface area (Å²) in [5.74, 6) is 0. The summed E-state index contributed by atoms with van der Waals surface area (Å²) in [6.07, 6.45) is 23.6. The van der Waals surface area contributed by atoms with Gasteiger partial charge in [-0.05, 0) is 16.6 Å². The van der Waals surface area contributed by atoms with Crippen LogP contribution in [0.25, 0.3) is 0 Å². The summed E-state index contributed by atoms with van der Waals surface area (Å²) in [6, 6.07) is 0. The zero-order valence-corrected chi connectivity index (χ0v) is 16.4. The van der Waals surface area contributed by atoms with Crippen LogP contribution in [0.4, 0.5) is 0 Å². The summed E-state index contributed by atoms with van der Waals surface area (Å²) in [6.45, 7) is 0. The van der Waals surface area contributed by atoms with Crippen molar-refractivity contribution in [3.63, 3.8) is 0 Å². The quantitative estimate of drug-likeness (QED) is 0.262. The molecule has 0 radical (unpaired) electrons. The van der Waals surface area contributed by atoms with E-state index >= 15 is 0 Å². The third-order valence-electron chi connectivity index (χ3n) is 6.69. The van der Waals surface area contributed by atoms with Crippen LogP contribution in [0.5, 0.6) is 0 Å². The molecule has 3 aliphatic rings. The Bertz CT molecular complexity index is 240. The van der Waals surface area contributed by atoms with Gasteiger partial charge < -0.3 is 0 Å². The molecule has 0 heterocycles. The highest BCUT2D eigenvalue weighted by atomic mass is 127. The van der Waals surface area contributed by atoms with Crippen LogP contribution >= 0.6 is 21.8 Å². The van der Waals surface area contributed by atoms with Gasteiger partial charge in [0.15, 0.2) is 0 Å². The molecule has 2 heteroatoms. The Morgan fingerprint density at radius 2 is 0.700 bits per heavy atom. The van der Waals surface area contributed by atoms with Crippen LogP contribution in [0.15, 0.2) is 0 Å². The third kappa shape index (κ3) is 3.31. The predicted molar refractivity (Wildman–Crippen MR) is 100 cm³/mol. The fraction of sp³-hybridized carbons (Fsp3) is 1.00. The lowest BCUT2D eigenvalue weighted by Gasteiger charge is -2.49. The molecule has 0 bridgehead atoms. The van der Waals surface area contributed by atoms with Gasteiger partial charge in [0.25, 0.3) is 0 Å². The molecule has 20 heavy (non-hydrogen) atoms. The molecule has 3 rings (SSSR count). The van der Waals surface area contributed by atoms with Gasteiger partial charge in [0.05, 0.1) is 0 Å². The molecule has 0 nitrogen and oxygen atoms in total. The van der Waals surface area contributed by atoms with E-state index in [-0.39, 0.29) is 0 Å². The first kappa shape index (κ1) is 15.8. The van der Waals surface area contributed by atoms with E-state index < -0.39 is 5.57 Å². The minimum Gasteiger partial charge on any atom is -0.118 e. The highest BCUT2D eigenvalue weighted by Gasteiger charge is 2.50. The van der Waals surface area contributed by atoms with E-state index in [9.17, 15) is 0 Å². The van der Waals surface area contributed by atoms with Gasteiger partial charge in [0, 0.05) is 0 Å².